The van der Waals surface area contributed by atoms with Gasteiger partial charge in [0.15, 0.2) is 5.75 Å². The number of aliphatic hydroxyl groups is 1. The van der Waals surface area contributed by atoms with E-state index >= 15 is 0 Å². The molecular formula is C21H27N3O4. The molecule has 0 unspecified atom stereocenters. The second-order valence-corrected chi connectivity index (χ2v) is 7.15. The van der Waals surface area contributed by atoms with E-state index in [4.69, 9.17) is 4.74 Å². The van der Waals surface area contributed by atoms with Gasteiger partial charge in [0.1, 0.15) is 17.5 Å². The van der Waals surface area contributed by atoms with Crippen molar-refractivity contribution in [3.63, 3.8) is 0 Å². The largest absolute Gasteiger partial charge is 0.484 e. The minimum Gasteiger partial charge on any atom is -0.484 e. The molecule has 1 aromatic carbocycles. The summed E-state index contributed by atoms with van der Waals surface area (Å²) in [7, 11) is 1.53. The van der Waals surface area contributed by atoms with Crippen LogP contribution >= 0.6 is 0 Å². The van der Waals surface area contributed by atoms with Crippen molar-refractivity contribution in [1.82, 2.24) is 15.6 Å². The highest BCUT2D eigenvalue weighted by Gasteiger charge is 2.25. The quantitative estimate of drug-likeness (QED) is 0.613. The lowest BCUT2D eigenvalue weighted by atomic mass is 9.93. The molecule has 1 saturated carbocycles. The molecule has 1 atom stereocenters. The first-order valence-electron chi connectivity index (χ1n) is 9.63. The summed E-state index contributed by atoms with van der Waals surface area (Å²) in [5.41, 5.74) is 1.47. The lowest BCUT2D eigenvalue weighted by Gasteiger charge is -2.25. The first-order chi connectivity index (χ1) is 13.5. The lowest BCUT2D eigenvalue weighted by Crippen LogP contribution is -2.38. The van der Waals surface area contributed by atoms with E-state index in [1.165, 1.54) is 7.05 Å². The Morgan fingerprint density at radius 2 is 1.82 bits per heavy atom. The zero-order chi connectivity index (χ0) is 20.1. The molecule has 28 heavy (non-hydrogen) atoms. The van der Waals surface area contributed by atoms with Gasteiger partial charge in [0.25, 0.3) is 11.8 Å². The van der Waals surface area contributed by atoms with Crippen molar-refractivity contribution in [2.24, 2.45) is 0 Å². The molecule has 0 saturated heterocycles. The van der Waals surface area contributed by atoms with Gasteiger partial charge in [0.2, 0.25) is 0 Å². The maximum Gasteiger partial charge on any atom is 0.271 e. The molecule has 3 rings (SSSR count). The molecule has 0 spiro atoms. The van der Waals surface area contributed by atoms with Crippen molar-refractivity contribution < 1.29 is 19.4 Å². The van der Waals surface area contributed by atoms with Gasteiger partial charge < -0.3 is 25.5 Å². The van der Waals surface area contributed by atoms with Crippen LogP contribution in [0.3, 0.4) is 0 Å². The summed E-state index contributed by atoms with van der Waals surface area (Å²) >= 11 is 0. The number of ether oxygens (including phenoxy) is 1. The minimum atomic E-state index is -0.352. The summed E-state index contributed by atoms with van der Waals surface area (Å²) in [6.45, 7) is 1.89. The molecule has 1 fully saturated rings. The molecule has 150 valence electrons. The van der Waals surface area contributed by atoms with Gasteiger partial charge in [-0.05, 0) is 38.2 Å². The molecule has 1 aromatic heterocycles. The van der Waals surface area contributed by atoms with Crippen LogP contribution in [-0.4, -0.2) is 41.1 Å². The van der Waals surface area contributed by atoms with E-state index in [1.54, 1.807) is 6.07 Å². The highest BCUT2D eigenvalue weighted by Crippen LogP contribution is 2.27. The summed E-state index contributed by atoms with van der Waals surface area (Å²) < 4.78 is 5.98. The normalized spacial score (nSPS) is 20.2. The Labute approximate surface area is 164 Å². The fraction of sp³-hybridized carbons (Fsp3) is 0.429. The molecule has 1 aliphatic rings. The van der Waals surface area contributed by atoms with Gasteiger partial charge in [-0.15, -0.1) is 0 Å². The summed E-state index contributed by atoms with van der Waals surface area (Å²) in [6.07, 6.45) is 2.29. The van der Waals surface area contributed by atoms with E-state index in [9.17, 15) is 14.7 Å². The fourth-order valence-electron chi connectivity index (χ4n) is 3.41. The number of aromatic amines is 1. The van der Waals surface area contributed by atoms with Gasteiger partial charge in [-0.3, -0.25) is 9.59 Å². The molecule has 7 heteroatoms. The second-order valence-electron chi connectivity index (χ2n) is 7.15. The summed E-state index contributed by atoms with van der Waals surface area (Å²) in [5.74, 6) is -0.302. The van der Waals surface area contributed by atoms with Crippen LogP contribution in [0.25, 0.3) is 0 Å². The number of carbonyl (C=O) groups excluding carboxylic acids is 2. The summed E-state index contributed by atoms with van der Waals surface area (Å²) in [4.78, 5) is 27.8. The molecule has 2 amide bonds. The van der Waals surface area contributed by atoms with Crippen molar-refractivity contribution in [3.05, 3.63) is 53.3 Å². The van der Waals surface area contributed by atoms with Crippen LogP contribution in [0.4, 0.5) is 0 Å². The average molecular weight is 385 g/mol. The number of nitrogens with one attached hydrogen (secondary N) is 3. The van der Waals surface area contributed by atoms with Crippen molar-refractivity contribution in [2.75, 3.05) is 7.05 Å². The Balaban J connectivity index is 1.75. The Morgan fingerprint density at radius 1 is 1.14 bits per heavy atom. The van der Waals surface area contributed by atoms with E-state index in [0.717, 1.165) is 18.4 Å². The Hall–Kier alpha value is -2.80. The van der Waals surface area contributed by atoms with Gasteiger partial charge >= 0.3 is 0 Å². The molecule has 0 radical (unpaired) electrons. The first-order valence-corrected chi connectivity index (χ1v) is 9.63. The van der Waals surface area contributed by atoms with Gasteiger partial charge in [-0.1, -0.05) is 30.3 Å². The highest BCUT2D eigenvalue weighted by molar-refractivity contribution is 5.99. The number of rotatable bonds is 6. The van der Waals surface area contributed by atoms with Crippen LogP contribution in [-0.2, 0) is 0 Å². The monoisotopic (exact) mass is 385 g/mol. The predicted octanol–water partition coefficient (Wildman–Crippen LogP) is 2.55. The third kappa shape index (κ3) is 4.72. The van der Waals surface area contributed by atoms with E-state index < -0.39 is 0 Å². The number of carbonyl (C=O) groups is 2. The molecule has 0 bridgehead atoms. The maximum absolute atomic E-state index is 12.6. The van der Waals surface area contributed by atoms with E-state index in [0.29, 0.717) is 18.6 Å². The van der Waals surface area contributed by atoms with Crippen LogP contribution in [0.2, 0.25) is 0 Å². The van der Waals surface area contributed by atoms with Gasteiger partial charge in [-0.2, -0.15) is 0 Å². The standard InChI is InChI=1S/C21H27N3O4/c1-13(14-6-4-3-5-7-14)28-18-12-17(24-19(18)21(27)22-2)20(26)23-15-8-10-16(25)11-9-15/h3-7,12-13,15-16,24-25H,8-11H2,1-2H3,(H,22,27)(H,23,26)/t13-,15?,16?/m0/s1. The summed E-state index contributed by atoms with van der Waals surface area (Å²) in [6, 6.07) is 11.3. The molecule has 4 N–H and O–H groups in total. The third-order valence-corrected chi connectivity index (χ3v) is 5.08. The van der Waals surface area contributed by atoms with Crippen molar-refractivity contribution in [1.29, 1.82) is 0 Å². The number of hydrogen-bond acceptors (Lipinski definition) is 4. The highest BCUT2D eigenvalue weighted by atomic mass is 16.5. The fourth-order valence-corrected chi connectivity index (χ4v) is 3.41. The van der Waals surface area contributed by atoms with Crippen molar-refractivity contribution >= 4 is 11.8 Å². The van der Waals surface area contributed by atoms with Gasteiger partial charge in [-0.25, -0.2) is 0 Å². The van der Waals surface area contributed by atoms with Gasteiger partial charge in [0.05, 0.1) is 6.10 Å². The number of hydrogen-bond donors (Lipinski definition) is 4. The second kappa shape index (κ2) is 8.93. The number of aromatic nitrogens is 1. The Kier molecular flexibility index (Phi) is 6.36. The van der Waals surface area contributed by atoms with Crippen LogP contribution in [0.1, 0.15) is 65.3 Å². The first kappa shape index (κ1) is 19.9. The topological polar surface area (TPSA) is 103 Å². The summed E-state index contributed by atoms with van der Waals surface area (Å²) in [5, 5.41) is 15.1. The number of benzene rings is 1. The minimum absolute atomic E-state index is 0.0234. The Bertz CT molecular complexity index is 810. The zero-order valence-electron chi connectivity index (χ0n) is 16.2. The van der Waals surface area contributed by atoms with Crippen LogP contribution in [0.15, 0.2) is 36.4 Å². The Morgan fingerprint density at radius 3 is 2.46 bits per heavy atom. The predicted molar refractivity (Wildman–Crippen MR) is 105 cm³/mol. The van der Waals surface area contributed by atoms with Crippen molar-refractivity contribution in [2.45, 2.75) is 50.9 Å². The molecule has 2 aromatic rings. The SMILES string of the molecule is CNC(=O)c1[nH]c(C(=O)NC2CCC(O)CC2)cc1O[C@@H](C)c1ccccc1. The van der Waals surface area contributed by atoms with E-state index in [1.807, 2.05) is 37.3 Å². The molecule has 1 aliphatic carbocycles. The smallest absolute Gasteiger partial charge is 0.271 e. The van der Waals surface area contributed by atoms with Gasteiger partial charge in [0, 0.05) is 19.2 Å². The molecule has 7 nitrogen and oxygen atoms in total. The third-order valence-electron chi connectivity index (χ3n) is 5.08. The zero-order valence-corrected chi connectivity index (χ0v) is 16.2. The van der Waals surface area contributed by atoms with Crippen LogP contribution in [0.5, 0.6) is 5.75 Å². The van der Waals surface area contributed by atoms with E-state index in [-0.39, 0.29) is 41.5 Å². The van der Waals surface area contributed by atoms with Crippen molar-refractivity contribution in [3.8, 4) is 5.75 Å². The molecule has 1 heterocycles. The lowest BCUT2D eigenvalue weighted by molar-refractivity contribution is 0.0863. The van der Waals surface area contributed by atoms with E-state index in [2.05, 4.69) is 15.6 Å². The number of amides is 2. The average Bonchev–Trinajstić information content (AvgIpc) is 3.13. The molecular weight excluding hydrogens is 358 g/mol. The number of aliphatic hydroxyl groups excluding tert-OH is 1. The van der Waals surface area contributed by atoms with Crippen LogP contribution < -0.4 is 15.4 Å². The maximum atomic E-state index is 12.6. The number of H-pyrrole nitrogens is 1. The molecule has 0 aliphatic heterocycles. The van der Waals surface area contributed by atoms with Crippen LogP contribution in [0, 0.1) is 0 Å².